The Bertz CT molecular complexity index is 1350. The van der Waals surface area contributed by atoms with Crippen molar-refractivity contribution >= 4 is 48.9 Å². The molecule has 182 valence electrons. The van der Waals surface area contributed by atoms with E-state index in [0.717, 1.165) is 22.3 Å². The summed E-state index contributed by atoms with van der Waals surface area (Å²) in [5.74, 6) is -1.38. The van der Waals surface area contributed by atoms with Gasteiger partial charge in [0.15, 0.2) is 14.6 Å². The minimum Gasteiger partial charge on any atom is -0.380 e. The number of nitrogens with zero attached hydrogens (tertiary/aromatic N) is 2. The zero-order valence-electron chi connectivity index (χ0n) is 18.9. The summed E-state index contributed by atoms with van der Waals surface area (Å²) in [5.41, 5.74) is 1.49. The largest absolute Gasteiger partial charge is 0.380 e. The van der Waals surface area contributed by atoms with E-state index in [2.05, 4.69) is 10.3 Å². The minimum atomic E-state index is -3.62. The molecule has 2 aromatic carbocycles. The van der Waals surface area contributed by atoms with Gasteiger partial charge in [-0.3, -0.25) is 9.59 Å². The van der Waals surface area contributed by atoms with Crippen LogP contribution in [0.2, 0.25) is 0 Å². The lowest BCUT2D eigenvalue weighted by Crippen LogP contribution is -2.20. The van der Waals surface area contributed by atoms with Crippen molar-refractivity contribution in [1.82, 2.24) is 4.57 Å². The highest BCUT2D eigenvalue weighted by atomic mass is 32.2. The van der Waals surface area contributed by atoms with Crippen LogP contribution < -0.4 is 10.1 Å². The van der Waals surface area contributed by atoms with Crippen LogP contribution in [0.1, 0.15) is 26.7 Å². The van der Waals surface area contributed by atoms with Gasteiger partial charge in [0.05, 0.1) is 27.5 Å². The second kappa shape index (κ2) is 11.5. The van der Waals surface area contributed by atoms with E-state index in [0.29, 0.717) is 30.2 Å². The van der Waals surface area contributed by atoms with Crippen molar-refractivity contribution in [1.29, 1.82) is 0 Å². The molecule has 0 spiro atoms. The molecule has 8 nitrogen and oxygen atoms in total. The molecule has 0 unspecified atom stereocenters. The summed E-state index contributed by atoms with van der Waals surface area (Å²) in [6.07, 6.45) is 0.0514. The Hall–Kier alpha value is -2.89. The maximum atomic E-state index is 13.0. The Kier molecular flexibility index (Phi) is 8.70. The molecule has 0 fully saturated rings. The fraction of sp³-hybridized carbons (Fsp3) is 0.348. The highest BCUT2D eigenvalue weighted by Crippen LogP contribution is 2.22. The third kappa shape index (κ3) is 6.81. The molecule has 0 atom stereocenters. The van der Waals surface area contributed by atoms with Crippen LogP contribution in [0.5, 0.6) is 0 Å². The lowest BCUT2D eigenvalue weighted by molar-refractivity contribution is -0.118. The Morgan fingerprint density at radius 3 is 2.59 bits per heavy atom. The molecule has 0 aliphatic rings. The summed E-state index contributed by atoms with van der Waals surface area (Å²) < 4.78 is 46.0. The average molecular weight is 508 g/mol. The van der Waals surface area contributed by atoms with E-state index < -0.39 is 21.6 Å². The number of rotatable bonds is 10. The molecule has 3 rings (SSSR count). The highest BCUT2D eigenvalue weighted by molar-refractivity contribution is 7.91. The smallest absolute Gasteiger partial charge is 0.248 e. The van der Waals surface area contributed by atoms with Crippen molar-refractivity contribution in [3.63, 3.8) is 0 Å². The van der Waals surface area contributed by atoms with Gasteiger partial charge in [0.2, 0.25) is 11.8 Å². The number of halogens is 1. The average Bonchev–Trinajstić information content (AvgIpc) is 3.09. The van der Waals surface area contributed by atoms with Gasteiger partial charge in [-0.1, -0.05) is 11.3 Å². The van der Waals surface area contributed by atoms with Gasteiger partial charge in [0, 0.05) is 32.2 Å². The molecule has 1 N–H and O–H groups in total. The Morgan fingerprint density at radius 1 is 1.18 bits per heavy atom. The quantitative estimate of drug-likeness (QED) is 0.334. The van der Waals surface area contributed by atoms with Crippen molar-refractivity contribution in [3.05, 3.63) is 53.1 Å². The molecule has 0 saturated heterocycles. The summed E-state index contributed by atoms with van der Waals surface area (Å²) >= 11 is 1.30. The van der Waals surface area contributed by atoms with E-state index in [1.165, 1.54) is 30.4 Å². The van der Waals surface area contributed by atoms with E-state index in [-0.39, 0.29) is 29.4 Å². The van der Waals surface area contributed by atoms with Gasteiger partial charge in [0.1, 0.15) is 5.82 Å². The molecule has 0 bridgehead atoms. The molecule has 11 heteroatoms. The summed E-state index contributed by atoms with van der Waals surface area (Å²) in [6.45, 7) is 4.80. The van der Waals surface area contributed by atoms with Gasteiger partial charge in [-0.05, 0) is 55.8 Å². The lowest BCUT2D eigenvalue weighted by Gasteiger charge is -2.06. The number of ether oxygens (including phenoxy) is 1. The Morgan fingerprint density at radius 2 is 1.91 bits per heavy atom. The first-order valence-electron chi connectivity index (χ1n) is 10.7. The van der Waals surface area contributed by atoms with Crippen LogP contribution >= 0.6 is 11.3 Å². The predicted octanol–water partition coefficient (Wildman–Crippen LogP) is 3.52. The number of sulfone groups is 1. The molecular formula is C23H26FN3O5S2. The number of amides is 2. The van der Waals surface area contributed by atoms with Crippen molar-refractivity contribution in [2.24, 2.45) is 4.99 Å². The fourth-order valence-corrected chi connectivity index (χ4v) is 5.72. The van der Waals surface area contributed by atoms with Gasteiger partial charge in [-0.2, -0.15) is 4.99 Å². The second-order valence-electron chi connectivity index (χ2n) is 7.48. The third-order valence-electron chi connectivity index (χ3n) is 4.86. The summed E-state index contributed by atoms with van der Waals surface area (Å²) in [6, 6.07) is 10.0. The third-order valence-corrected chi connectivity index (χ3v) is 7.72. The number of nitrogens with one attached hydrogen (secondary N) is 1. The number of anilines is 1. The first-order valence-corrected chi connectivity index (χ1v) is 13.2. The van der Waals surface area contributed by atoms with Crippen LogP contribution in [0.15, 0.2) is 52.4 Å². The van der Waals surface area contributed by atoms with Crippen LogP contribution in [-0.4, -0.2) is 43.8 Å². The zero-order chi connectivity index (χ0) is 24.7. The van der Waals surface area contributed by atoms with Gasteiger partial charge in [0.25, 0.3) is 0 Å². The maximum Gasteiger partial charge on any atom is 0.248 e. The topological polar surface area (TPSA) is 107 Å². The molecule has 0 aliphatic heterocycles. The molecule has 3 aromatic rings. The van der Waals surface area contributed by atoms with Gasteiger partial charge in [-0.15, -0.1) is 0 Å². The molecule has 2 amide bonds. The number of fused-ring (bicyclic) bond motifs is 1. The minimum absolute atomic E-state index is 0.0199. The van der Waals surface area contributed by atoms with E-state index in [1.54, 1.807) is 6.07 Å². The van der Waals surface area contributed by atoms with Gasteiger partial charge < -0.3 is 14.6 Å². The number of aromatic nitrogens is 1. The molecule has 0 saturated carbocycles. The number of hydrogen-bond donors (Lipinski definition) is 1. The number of hydrogen-bond acceptors (Lipinski definition) is 6. The van der Waals surface area contributed by atoms with Crippen LogP contribution in [0.4, 0.5) is 10.1 Å². The van der Waals surface area contributed by atoms with Crippen LogP contribution in [0.25, 0.3) is 10.2 Å². The summed E-state index contributed by atoms with van der Waals surface area (Å²) in [7, 11) is -3.62. The monoisotopic (exact) mass is 507 g/mol. The van der Waals surface area contributed by atoms with Crippen LogP contribution in [-0.2, 0) is 30.7 Å². The van der Waals surface area contributed by atoms with Crippen molar-refractivity contribution in [2.75, 3.05) is 24.3 Å². The van der Waals surface area contributed by atoms with Crippen LogP contribution in [0, 0.1) is 5.82 Å². The van der Waals surface area contributed by atoms with Crippen LogP contribution in [0.3, 0.4) is 0 Å². The highest BCUT2D eigenvalue weighted by Gasteiger charge is 2.15. The second-order valence-corrected chi connectivity index (χ2v) is 10.6. The lowest BCUT2D eigenvalue weighted by atomic mass is 10.3. The van der Waals surface area contributed by atoms with E-state index in [9.17, 15) is 22.4 Å². The number of carbonyl (C=O) groups is 2. The molecule has 34 heavy (non-hydrogen) atoms. The van der Waals surface area contributed by atoms with Crippen molar-refractivity contribution in [2.45, 2.75) is 38.1 Å². The normalized spacial score (nSPS) is 12.3. The molecular weight excluding hydrogens is 481 g/mol. The van der Waals surface area contributed by atoms with Gasteiger partial charge >= 0.3 is 0 Å². The summed E-state index contributed by atoms with van der Waals surface area (Å²) in [5, 5.41) is 2.74. The molecule has 0 aliphatic carbocycles. The standard InChI is InChI=1S/C23H26FN3O5S2/c1-3-32-13-12-27-20-11-8-18(25-16(2)28)15-21(20)33-23(27)26-22(29)5-4-14-34(30,31)19-9-6-17(24)7-10-19/h6-11,15H,3-5,12-14H2,1-2H3,(H,25,28). The zero-order valence-corrected chi connectivity index (χ0v) is 20.5. The fourth-order valence-electron chi connectivity index (χ4n) is 3.29. The van der Waals surface area contributed by atoms with E-state index >= 15 is 0 Å². The van der Waals surface area contributed by atoms with E-state index in [1.807, 2.05) is 23.6 Å². The predicted molar refractivity (Wildman–Crippen MR) is 129 cm³/mol. The maximum absolute atomic E-state index is 13.0. The SMILES string of the molecule is CCOCCn1c(=NC(=O)CCCS(=O)(=O)c2ccc(F)cc2)sc2cc(NC(C)=O)ccc21. The van der Waals surface area contributed by atoms with Crippen molar-refractivity contribution in [3.8, 4) is 0 Å². The first-order chi connectivity index (χ1) is 16.2. The van der Waals surface area contributed by atoms with E-state index in [4.69, 9.17) is 4.74 Å². The molecule has 1 aromatic heterocycles. The van der Waals surface area contributed by atoms with Gasteiger partial charge in [-0.25, -0.2) is 12.8 Å². The van der Waals surface area contributed by atoms with Crippen molar-refractivity contribution < 1.29 is 27.1 Å². The molecule has 0 radical (unpaired) electrons. The number of carbonyl (C=O) groups excluding carboxylic acids is 2. The Labute approximate surface area is 201 Å². The summed E-state index contributed by atoms with van der Waals surface area (Å²) in [4.78, 5) is 28.6. The first kappa shape index (κ1) is 25.7. The molecule has 1 heterocycles. The number of benzene rings is 2. The Balaban J connectivity index is 1.78. The number of thiazole rings is 1.